The Morgan fingerprint density at radius 1 is 1.25 bits per heavy atom. The van der Waals surface area contributed by atoms with E-state index in [1.165, 1.54) is 16.0 Å². The molecule has 0 saturated carbocycles. The summed E-state index contributed by atoms with van der Waals surface area (Å²) >= 11 is 1.75. The van der Waals surface area contributed by atoms with Crippen molar-refractivity contribution in [1.29, 1.82) is 0 Å². The number of hydrogen-bond acceptors (Lipinski definition) is 2. The highest BCUT2D eigenvalue weighted by Crippen LogP contribution is 2.23. The number of rotatable bonds is 2. The lowest BCUT2D eigenvalue weighted by Crippen LogP contribution is -1.91. The molecule has 0 aliphatic carbocycles. The van der Waals surface area contributed by atoms with Crippen LogP contribution in [0.2, 0.25) is 0 Å². The minimum absolute atomic E-state index is 0.140. The van der Waals surface area contributed by atoms with Gasteiger partial charge in [-0.05, 0) is 42.9 Å². The summed E-state index contributed by atoms with van der Waals surface area (Å²) in [4.78, 5) is 1.30. The summed E-state index contributed by atoms with van der Waals surface area (Å²) < 4.78 is 0. The molecule has 0 amide bonds. The number of aryl methyl sites for hydroxylation is 2. The summed E-state index contributed by atoms with van der Waals surface area (Å²) in [6, 6.07) is 4.19. The van der Waals surface area contributed by atoms with E-state index in [2.05, 4.69) is 25.3 Å². The average Bonchev–Trinajstić information content (AvgIpc) is 2.08. The van der Waals surface area contributed by atoms with Crippen LogP contribution in [0, 0.1) is 13.8 Å². The molecule has 0 fully saturated rings. The van der Waals surface area contributed by atoms with Crippen molar-refractivity contribution < 1.29 is 5.11 Å². The molecule has 12 heavy (non-hydrogen) atoms. The molecule has 0 radical (unpaired) electrons. The minimum Gasteiger partial charge on any atom is -0.392 e. The Balaban J connectivity index is 3.16. The Labute approximate surface area is 77.8 Å². The number of aliphatic hydroxyl groups excluding tert-OH is 1. The van der Waals surface area contributed by atoms with E-state index in [1.807, 2.05) is 6.92 Å². The fourth-order valence-electron chi connectivity index (χ4n) is 1.24. The van der Waals surface area contributed by atoms with Crippen LogP contribution in [0.25, 0.3) is 0 Å². The fourth-order valence-corrected chi connectivity index (χ4v) is 1.92. The van der Waals surface area contributed by atoms with Gasteiger partial charge in [0.15, 0.2) is 0 Å². The quantitative estimate of drug-likeness (QED) is 0.709. The van der Waals surface area contributed by atoms with Crippen molar-refractivity contribution in [3.05, 3.63) is 28.8 Å². The van der Waals surface area contributed by atoms with E-state index in [4.69, 9.17) is 5.11 Å². The molecular formula is C10H14OS. The Hall–Kier alpha value is -0.470. The maximum atomic E-state index is 9.00. The maximum Gasteiger partial charge on any atom is 0.0684 e. The Kier molecular flexibility index (Phi) is 3.18. The summed E-state index contributed by atoms with van der Waals surface area (Å²) in [6.45, 7) is 4.25. The van der Waals surface area contributed by atoms with Gasteiger partial charge < -0.3 is 5.11 Å². The molecule has 1 rings (SSSR count). The third-order valence-electron chi connectivity index (χ3n) is 2.02. The first-order valence-corrected chi connectivity index (χ1v) is 5.16. The van der Waals surface area contributed by atoms with Crippen LogP contribution in [0.15, 0.2) is 17.0 Å². The molecule has 66 valence electrons. The first kappa shape index (κ1) is 9.62. The van der Waals surface area contributed by atoms with Gasteiger partial charge in [0.25, 0.3) is 0 Å². The molecule has 1 N–H and O–H groups in total. The van der Waals surface area contributed by atoms with E-state index in [0.717, 1.165) is 5.56 Å². The van der Waals surface area contributed by atoms with E-state index >= 15 is 0 Å². The first-order chi connectivity index (χ1) is 5.69. The molecule has 0 saturated heterocycles. The van der Waals surface area contributed by atoms with Crippen LogP contribution >= 0.6 is 11.8 Å². The average molecular weight is 182 g/mol. The van der Waals surface area contributed by atoms with Crippen molar-refractivity contribution in [3.8, 4) is 0 Å². The summed E-state index contributed by atoms with van der Waals surface area (Å²) in [5.74, 6) is 0. The van der Waals surface area contributed by atoms with Crippen molar-refractivity contribution in [2.45, 2.75) is 25.3 Å². The van der Waals surface area contributed by atoms with Gasteiger partial charge in [0, 0.05) is 4.90 Å². The standard InChI is InChI=1S/C10H14OS/c1-7-5-10(12-3)8(2)4-9(7)6-11/h4-5,11H,6H2,1-3H3. The molecule has 0 unspecified atom stereocenters. The molecular weight excluding hydrogens is 168 g/mol. The van der Waals surface area contributed by atoms with Gasteiger partial charge in [0.05, 0.1) is 6.61 Å². The van der Waals surface area contributed by atoms with Gasteiger partial charge in [0.1, 0.15) is 0 Å². The fraction of sp³-hybridized carbons (Fsp3) is 0.400. The molecule has 1 nitrogen and oxygen atoms in total. The zero-order chi connectivity index (χ0) is 9.14. The Morgan fingerprint density at radius 2 is 1.92 bits per heavy atom. The van der Waals surface area contributed by atoms with Crippen molar-refractivity contribution in [1.82, 2.24) is 0 Å². The van der Waals surface area contributed by atoms with E-state index in [-0.39, 0.29) is 6.61 Å². The monoisotopic (exact) mass is 182 g/mol. The molecule has 0 aliphatic rings. The van der Waals surface area contributed by atoms with Gasteiger partial charge >= 0.3 is 0 Å². The van der Waals surface area contributed by atoms with Crippen LogP contribution in [-0.4, -0.2) is 11.4 Å². The van der Waals surface area contributed by atoms with E-state index in [9.17, 15) is 0 Å². The van der Waals surface area contributed by atoms with Gasteiger partial charge in [0.2, 0.25) is 0 Å². The zero-order valence-electron chi connectivity index (χ0n) is 7.72. The minimum atomic E-state index is 0.140. The van der Waals surface area contributed by atoms with E-state index < -0.39 is 0 Å². The zero-order valence-corrected chi connectivity index (χ0v) is 8.53. The second-order valence-electron chi connectivity index (χ2n) is 2.91. The Morgan fingerprint density at radius 3 is 2.42 bits per heavy atom. The largest absolute Gasteiger partial charge is 0.392 e. The van der Waals surface area contributed by atoms with E-state index in [0.29, 0.717) is 0 Å². The molecule has 0 bridgehead atoms. The van der Waals surface area contributed by atoms with Crippen molar-refractivity contribution in [2.75, 3.05) is 6.26 Å². The highest BCUT2D eigenvalue weighted by Gasteiger charge is 2.01. The molecule has 0 aromatic heterocycles. The van der Waals surface area contributed by atoms with Crippen LogP contribution < -0.4 is 0 Å². The molecule has 0 aliphatic heterocycles. The molecule has 2 heteroatoms. The lowest BCUT2D eigenvalue weighted by molar-refractivity contribution is 0.281. The summed E-state index contributed by atoms with van der Waals surface area (Å²) in [5.41, 5.74) is 3.45. The van der Waals surface area contributed by atoms with Crippen molar-refractivity contribution in [2.24, 2.45) is 0 Å². The van der Waals surface area contributed by atoms with Crippen LogP contribution in [-0.2, 0) is 6.61 Å². The highest BCUT2D eigenvalue weighted by atomic mass is 32.2. The second-order valence-corrected chi connectivity index (χ2v) is 3.75. The molecule has 0 heterocycles. The summed E-state index contributed by atoms with van der Waals surface area (Å²) in [6.07, 6.45) is 2.07. The summed E-state index contributed by atoms with van der Waals surface area (Å²) in [5, 5.41) is 9.00. The van der Waals surface area contributed by atoms with Gasteiger partial charge in [-0.3, -0.25) is 0 Å². The topological polar surface area (TPSA) is 20.2 Å². The molecule has 0 atom stereocenters. The van der Waals surface area contributed by atoms with Crippen LogP contribution in [0.5, 0.6) is 0 Å². The lowest BCUT2D eigenvalue weighted by atomic mass is 10.1. The number of aliphatic hydroxyl groups is 1. The van der Waals surface area contributed by atoms with Gasteiger partial charge in [-0.25, -0.2) is 0 Å². The third-order valence-corrected chi connectivity index (χ3v) is 2.90. The van der Waals surface area contributed by atoms with Gasteiger partial charge in [-0.2, -0.15) is 0 Å². The predicted octanol–water partition coefficient (Wildman–Crippen LogP) is 2.52. The highest BCUT2D eigenvalue weighted by molar-refractivity contribution is 7.98. The lowest BCUT2D eigenvalue weighted by Gasteiger charge is -2.08. The van der Waals surface area contributed by atoms with Crippen molar-refractivity contribution >= 4 is 11.8 Å². The number of benzene rings is 1. The van der Waals surface area contributed by atoms with Gasteiger partial charge in [-0.15, -0.1) is 11.8 Å². The second kappa shape index (κ2) is 3.97. The van der Waals surface area contributed by atoms with E-state index in [1.54, 1.807) is 11.8 Å². The number of thioether (sulfide) groups is 1. The number of hydrogen-bond donors (Lipinski definition) is 1. The van der Waals surface area contributed by atoms with Crippen molar-refractivity contribution in [3.63, 3.8) is 0 Å². The third kappa shape index (κ3) is 1.82. The normalized spacial score (nSPS) is 10.3. The Bertz CT molecular complexity index is 252. The smallest absolute Gasteiger partial charge is 0.0684 e. The first-order valence-electron chi connectivity index (χ1n) is 3.94. The molecule has 1 aromatic rings. The van der Waals surface area contributed by atoms with Crippen LogP contribution in [0.1, 0.15) is 16.7 Å². The van der Waals surface area contributed by atoms with Crippen LogP contribution in [0.4, 0.5) is 0 Å². The summed E-state index contributed by atoms with van der Waals surface area (Å²) in [7, 11) is 0. The molecule has 0 spiro atoms. The maximum absolute atomic E-state index is 9.00. The molecule has 1 aromatic carbocycles. The SMILES string of the molecule is CSc1cc(C)c(CO)cc1C. The predicted molar refractivity (Wildman–Crippen MR) is 53.6 cm³/mol. The van der Waals surface area contributed by atoms with Gasteiger partial charge in [-0.1, -0.05) is 6.07 Å². The van der Waals surface area contributed by atoms with Crippen LogP contribution in [0.3, 0.4) is 0 Å².